The maximum absolute atomic E-state index is 4.62. The molecule has 2 rings (SSSR count). The van der Waals surface area contributed by atoms with Gasteiger partial charge in [-0.25, -0.2) is 9.98 Å². The summed E-state index contributed by atoms with van der Waals surface area (Å²) in [6, 6.07) is 0.549. The van der Waals surface area contributed by atoms with E-state index in [-0.39, 0.29) is 0 Å². The molecule has 1 atom stereocenters. The van der Waals surface area contributed by atoms with Crippen LogP contribution >= 0.6 is 11.3 Å². The molecule has 0 aliphatic heterocycles. The average Bonchev–Trinajstić information content (AvgIpc) is 2.79. The van der Waals surface area contributed by atoms with Crippen molar-refractivity contribution in [3.8, 4) is 0 Å². The van der Waals surface area contributed by atoms with E-state index < -0.39 is 0 Å². The predicted octanol–water partition coefficient (Wildman–Crippen LogP) is 2.56. The predicted molar refractivity (Wildman–Crippen MR) is 81.6 cm³/mol. The van der Waals surface area contributed by atoms with Gasteiger partial charge in [0.1, 0.15) is 5.01 Å². The number of aliphatic imine (C=N–C) groups is 1. The van der Waals surface area contributed by atoms with Crippen molar-refractivity contribution in [1.29, 1.82) is 0 Å². The van der Waals surface area contributed by atoms with Gasteiger partial charge in [-0.15, -0.1) is 11.3 Å². The van der Waals surface area contributed by atoms with Crippen LogP contribution in [0, 0.1) is 5.41 Å². The van der Waals surface area contributed by atoms with Crippen LogP contribution in [-0.4, -0.2) is 23.5 Å². The van der Waals surface area contributed by atoms with E-state index in [1.807, 2.05) is 6.20 Å². The number of thiazole rings is 1. The zero-order chi connectivity index (χ0) is 13.9. The van der Waals surface area contributed by atoms with Crippen LogP contribution in [0.2, 0.25) is 0 Å². The Labute approximate surface area is 119 Å². The third kappa shape index (κ3) is 3.93. The first-order chi connectivity index (χ1) is 9.05. The third-order valence-electron chi connectivity index (χ3n) is 3.49. The highest BCUT2D eigenvalue weighted by atomic mass is 32.1. The maximum Gasteiger partial charge on any atom is 0.191 e. The summed E-state index contributed by atoms with van der Waals surface area (Å²) >= 11 is 1.75. The Kier molecular flexibility index (Phi) is 4.45. The Hall–Kier alpha value is -1.10. The van der Waals surface area contributed by atoms with E-state index in [4.69, 9.17) is 0 Å². The van der Waals surface area contributed by atoms with Crippen molar-refractivity contribution in [1.82, 2.24) is 15.6 Å². The number of nitrogens with one attached hydrogen (secondary N) is 2. The average molecular weight is 280 g/mol. The van der Waals surface area contributed by atoms with Crippen LogP contribution in [-0.2, 0) is 13.0 Å². The van der Waals surface area contributed by atoms with Gasteiger partial charge >= 0.3 is 0 Å². The van der Waals surface area contributed by atoms with Gasteiger partial charge in [-0.3, -0.25) is 0 Å². The molecule has 1 aromatic heterocycles. The Morgan fingerprint density at radius 2 is 2.26 bits per heavy atom. The van der Waals surface area contributed by atoms with Crippen molar-refractivity contribution in [2.45, 2.75) is 53.1 Å². The molecule has 5 heteroatoms. The van der Waals surface area contributed by atoms with Gasteiger partial charge in [0.05, 0.1) is 6.54 Å². The van der Waals surface area contributed by atoms with Gasteiger partial charge in [-0.2, -0.15) is 0 Å². The zero-order valence-corrected chi connectivity index (χ0v) is 13.1. The lowest BCUT2D eigenvalue weighted by molar-refractivity contribution is 0.589. The molecule has 0 bridgehead atoms. The van der Waals surface area contributed by atoms with Crippen LogP contribution in [0.25, 0.3) is 0 Å². The molecule has 0 amide bonds. The molecule has 1 heterocycles. The van der Waals surface area contributed by atoms with Gasteiger partial charge in [0, 0.05) is 23.7 Å². The smallest absolute Gasteiger partial charge is 0.191 e. The minimum atomic E-state index is 0.409. The number of nitrogens with zero attached hydrogens (tertiary/aromatic N) is 2. The van der Waals surface area contributed by atoms with Crippen LogP contribution < -0.4 is 10.6 Å². The van der Waals surface area contributed by atoms with E-state index in [0.717, 1.165) is 23.9 Å². The number of aromatic nitrogens is 1. The zero-order valence-electron chi connectivity index (χ0n) is 12.3. The minimum Gasteiger partial charge on any atom is -0.357 e. The monoisotopic (exact) mass is 280 g/mol. The normalized spacial score (nSPS) is 21.3. The second kappa shape index (κ2) is 5.90. The number of rotatable bonds is 5. The Bertz CT molecular complexity index is 450. The van der Waals surface area contributed by atoms with Gasteiger partial charge in [0.25, 0.3) is 0 Å². The molecule has 0 saturated heterocycles. The SMILES string of the molecule is CCNC(=NCc1ncc(CC)s1)NC1CC1(C)C. The molecular formula is C14H24N4S. The van der Waals surface area contributed by atoms with Gasteiger partial charge < -0.3 is 10.6 Å². The molecule has 1 unspecified atom stereocenters. The van der Waals surface area contributed by atoms with Crippen molar-refractivity contribution < 1.29 is 0 Å². The number of guanidine groups is 1. The lowest BCUT2D eigenvalue weighted by Crippen LogP contribution is -2.39. The lowest BCUT2D eigenvalue weighted by Gasteiger charge is -2.12. The standard InChI is InChI=1S/C14H24N4S/c1-5-10-8-16-12(19-10)9-17-13(15-6-2)18-11-7-14(11,3)4/h8,11H,5-7,9H2,1-4H3,(H2,15,17,18). The van der Waals surface area contributed by atoms with E-state index in [9.17, 15) is 0 Å². The van der Waals surface area contributed by atoms with E-state index in [2.05, 4.69) is 48.3 Å². The van der Waals surface area contributed by atoms with Gasteiger partial charge in [0.15, 0.2) is 5.96 Å². The van der Waals surface area contributed by atoms with Crippen molar-refractivity contribution in [3.63, 3.8) is 0 Å². The summed E-state index contributed by atoms with van der Waals surface area (Å²) in [5.74, 6) is 0.909. The van der Waals surface area contributed by atoms with Gasteiger partial charge in [0.2, 0.25) is 0 Å². The largest absolute Gasteiger partial charge is 0.357 e. The first-order valence-corrected chi connectivity index (χ1v) is 7.85. The quantitative estimate of drug-likeness (QED) is 0.644. The fourth-order valence-electron chi connectivity index (χ4n) is 1.93. The van der Waals surface area contributed by atoms with Gasteiger partial charge in [-0.1, -0.05) is 20.8 Å². The van der Waals surface area contributed by atoms with Crippen molar-refractivity contribution in [3.05, 3.63) is 16.1 Å². The summed E-state index contributed by atoms with van der Waals surface area (Å²) in [5, 5.41) is 7.87. The molecule has 1 aromatic rings. The van der Waals surface area contributed by atoms with Crippen LogP contribution in [0.4, 0.5) is 0 Å². The summed E-state index contributed by atoms with van der Waals surface area (Å²) in [4.78, 5) is 10.3. The molecule has 0 radical (unpaired) electrons. The Morgan fingerprint density at radius 3 is 2.79 bits per heavy atom. The molecular weight excluding hydrogens is 256 g/mol. The van der Waals surface area contributed by atoms with E-state index in [0.29, 0.717) is 18.0 Å². The highest BCUT2D eigenvalue weighted by Crippen LogP contribution is 2.44. The second-order valence-corrected chi connectivity index (χ2v) is 6.86. The molecule has 1 saturated carbocycles. The molecule has 1 fully saturated rings. The Balaban J connectivity index is 1.92. The highest BCUT2D eigenvalue weighted by Gasteiger charge is 2.46. The third-order valence-corrected chi connectivity index (χ3v) is 4.62. The summed E-state index contributed by atoms with van der Waals surface area (Å²) < 4.78 is 0. The minimum absolute atomic E-state index is 0.409. The molecule has 0 aromatic carbocycles. The topological polar surface area (TPSA) is 49.3 Å². The summed E-state index contributed by atoms with van der Waals surface area (Å²) in [6.45, 7) is 10.4. The molecule has 1 aliphatic rings. The van der Waals surface area contributed by atoms with E-state index >= 15 is 0 Å². The van der Waals surface area contributed by atoms with Crippen LogP contribution in [0.1, 0.15) is 44.0 Å². The fourth-order valence-corrected chi connectivity index (χ4v) is 2.72. The summed E-state index contributed by atoms with van der Waals surface area (Å²) in [7, 11) is 0. The molecule has 4 nitrogen and oxygen atoms in total. The number of hydrogen-bond acceptors (Lipinski definition) is 3. The molecule has 19 heavy (non-hydrogen) atoms. The van der Waals surface area contributed by atoms with Crippen LogP contribution in [0.3, 0.4) is 0 Å². The molecule has 0 spiro atoms. The van der Waals surface area contributed by atoms with Gasteiger partial charge in [-0.05, 0) is 25.2 Å². The van der Waals surface area contributed by atoms with Crippen molar-refractivity contribution in [2.24, 2.45) is 10.4 Å². The van der Waals surface area contributed by atoms with Crippen LogP contribution in [0.15, 0.2) is 11.2 Å². The molecule has 1 aliphatic carbocycles. The first-order valence-electron chi connectivity index (χ1n) is 7.03. The first kappa shape index (κ1) is 14.3. The van der Waals surface area contributed by atoms with E-state index in [1.54, 1.807) is 11.3 Å². The number of hydrogen-bond donors (Lipinski definition) is 2. The van der Waals surface area contributed by atoms with Crippen molar-refractivity contribution in [2.75, 3.05) is 6.54 Å². The maximum atomic E-state index is 4.62. The fraction of sp³-hybridized carbons (Fsp3) is 0.714. The molecule has 106 valence electrons. The van der Waals surface area contributed by atoms with E-state index in [1.165, 1.54) is 11.3 Å². The number of aryl methyl sites for hydroxylation is 1. The highest BCUT2D eigenvalue weighted by molar-refractivity contribution is 7.11. The second-order valence-electron chi connectivity index (χ2n) is 5.66. The Morgan fingerprint density at radius 1 is 1.53 bits per heavy atom. The molecule has 2 N–H and O–H groups in total. The summed E-state index contributed by atoms with van der Waals surface area (Å²) in [6.07, 6.45) is 4.23. The van der Waals surface area contributed by atoms with Crippen molar-refractivity contribution >= 4 is 17.3 Å². The lowest BCUT2D eigenvalue weighted by atomic mass is 10.2. The van der Waals surface area contributed by atoms with Crippen LogP contribution in [0.5, 0.6) is 0 Å². The summed E-state index contributed by atoms with van der Waals surface area (Å²) in [5.41, 5.74) is 0.409.